The molecular formula is C26H30N4O2S. The highest BCUT2D eigenvalue weighted by Gasteiger charge is 2.42. The summed E-state index contributed by atoms with van der Waals surface area (Å²) < 4.78 is 13.6. The molecule has 0 amide bonds. The Labute approximate surface area is 200 Å². The highest BCUT2D eigenvalue weighted by molar-refractivity contribution is 7.80. The molecule has 4 heterocycles. The Balaban J connectivity index is 1.57. The number of hydrogen-bond acceptors (Lipinski definition) is 4. The van der Waals surface area contributed by atoms with Crippen molar-refractivity contribution >= 4 is 17.3 Å². The van der Waals surface area contributed by atoms with Gasteiger partial charge >= 0.3 is 0 Å². The van der Waals surface area contributed by atoms with Crippen molar-refractivity contribution < 1.29 is 9.47 Å². The van der Waals surface area contributed by atoms with Gasteiger partial charge < -0.3 is 24.3 Å². The summed E-state index contributed by atoms with van der Waals surface area (Å²) >= 11 is 5.84. The molecule has 2 saturated heterocycles. The van der Waals surface area contributed by atoms with Crippen molar-refractivity contribution in [2.45, 2.75) is 44.9 Å². The summed E-state index contributed by atoms with van der Waals surface area (Å²) in [6, 6.07) is 16.6. The van der Waals surface area contributed by atoms with Crippen LogP contribution in [0.2, 0.25) is 0 Å². The van der Waals surface area contributed by atoms with Crippen LogP contribution in [0.3, 0.4) is 0 Å². The van der Waals surface area contributed by atoms with Gasteiger partial charge in [-0.25, -0.2) is 0 Å². The average molecular weight is 463 g/mol. The first-order chi connectivity index (χ1) is 16.1. The van der Waals surface area contributed by atoms with Crippen LogP contribution in [-0.4, -0.2) is 45.9 Å². The van der Waals surface area contributed by atoms with Crippen molar-refractivity contribution in [2.24, 2.45) is 0 Å². The van der Waals surface area contributed by atoms with E-state index in [1.807, 2.05) is 30.5 Å². The van der Waals surface area contributed by atoms with E-state index < -0.39 is 0 Å². The van der Waals surface area contributed by atoms with Gasteiger partial charge in [0.1, 0.15) is 5.75 Å². The molecule has 3 unspecified atom stereocenters. The van der Waals surface area contributed by atoms with E-state index in [1.54, 1.807) is 7.11 Å². The summed E-state index contributed by atoms with van der Waals surface area (Å²) in [5.74, 6) is 0.852. The fourth-order valence-electron chi connectivity index (χ4n) is 5.16. The normalized spacial score (nSPS) is 22.6. The lowest BCUT2D eigenvalue weighted by Crippen LogP contribution is -2.36. The maximum atomic E-state index is 5.98. The number of nitrogens with one attached hydrogen (secondary N) is 1. The van der Waals surface area contributed by atoms with Crippen LogP contribution in [0.25, 0.3) is 5.69 Å². The number of aryl methyl sites for hydroxylation is 1. The number of nitrogens with zero attached hydrogens (tertiary/aromatic N) is 3. The molecule has 1 aromatic carbocycles. The van der Waals surface area contributed by atoms with Gasteiger partial charge in [0.15, 0.2) is 5.11 Å². The van der Waals surface area contributed by atoms with Crippen molar-refractivity contribution in [1.29, 1.82) is 0 Å². The molecule has 0 aliphatic carbocycles. The molecule has 5 rings (SSSR count). The number of benzene rings is 1. The van der Waals surface area contributed by atoms with Crippen LogP contribution in [0, 0.1) is 13.8 Å². The SMILES string of the molecule is COc1ccc(-n2c(C)cc(C3C(c4ccccn4)NC(=S)N3CC3CCCO3)c2C)cc1. The first-order valence-corrected chi connectivity index (χ1v) is 11.9. The van der Waals surface area contributed by atoms with Gasteiger partial charge in [0.05, 0.1) is 31.0 Å². The third-order valence-corrected chi connectivity index (χ3v) is 7.09. The molecule has 0 spiro atoms. The maximum absolute atomic E-state index is 5.98. The Morgan fingerprint density at radius 1 is 1.18 bits per heavy atom. The molecule has 6 nitrogen and oxygen atoms in total. The van der Waals surface area contributed by atoms with E-state index in [1.165, 1.54) is 17.0 Å². The molecule has 33 heavy (non-hydrogen) atoms. The molecule has 3 atom stereocenters. The van der Waals surface area contributed by atoms with Crippen molar-refractivity contribution in [1.82, 2.24) is 19.8 Å². The van der Waals surface area contributed by atoms with Crippen molar-refractivity contribution in [3.05, 3.63) is 77.4 Å². The zero-order chi connectivity index (χ0) is 22.9. The van der Waals surface area contributed by atoms with Crippen molar-refractivity contribution in [2.75, 3.05) is 20.3 Å². The predicted molar refractivity (Wildman–Crippen MR) is 133 cm³/mol. The van der Waals surface area contributed by atoms with E-state index >= 15 is 0 Å². The molecule has 0 bridgehead atoms. The molecule has 172 valence electrons. The highest BCUT2D eigenvalue weighted by Crippen LogP contribution is 2.42. The summed E-state index contributed by atoms with van der Waals surface area (Å²) in [7, 11) is 1.69. The first kappa shape index (κ1) is 21.9. The van der Waals surface area contributed by atoms with Gasteiger partial charge in [-0.15, -0.1) is 0 Å². The van der Waals surface area contributed by atoms with E-state index in [2.05, 4.69) is 57.9 Å². The first-order valence-electron chi connectivity index (χ1n) is 11.5. The molecule has 7 heteroatoms. The average Bonchev–Trinajstić information content (AvgIpc) is 3.54. The van der Waals surface area contributed by atoms with Gasteiger partial charge in [-0.2, -0.15) is 0 Å². The second kappa shape index (κ2) is 9.15. The fourth-order valence-corrected chi connectivity index (χ4v) is 5.48. The lowest BCUT2D eigenvalue weighted by Gasteiger charge is -2.30. The van der Waals surface area contributed by atoms with Crippen LogP contribution in [-0.2, 0) is 4.74 Å². The molecule has 2 fully saturated rings. The van der Waals surface area contributed by atoms with Crippen LogP contribution < -0.4 is 10.1 Å². The number of rotatable bonds is 6. The third-order valence-electron chi connectivity index (χ3n) is 6.74. The second-order valence-corrected chi connectivity index (χ2v) is 9.16. The zero-order valence-electron chi connectivity index (χ0n) is 19.3. The van der Waals surface area contributed by atoms with Gasteiger partial charge in [0.2, 0.25) is 0 Å². The summed E-state index contributed by atoms with van der Waals surface area (Å²) in [6.07, 6.45) is 4.24. The Hall–Kier alpha value is -2.90. The number of methoxy groups -OCH3 is 1. The fraction of sp³-hybridized carbons (Fsp3) is 0.385. The number of thiocarbonyl (C=S) groups is 1. The lowest BCUT2D eigenvalue weighted by molar-refractivity contribution is 0.0842. The third kappa shape index (κ3) is 4.11. The van der Waals surface area contributed by atoms with Crippen LogP contribution in [0.1, 0.15) is 47.6 Å². The molecular weight excluding hydrogens is 432 g/mol. The van der Waals surface area contributed by atoms with Gasteiger partial charge in [0, 0.05) is 36.4 Å². The van der Waals surface area contributed by atoms with Crippen molar-refractivity contribution in [3.8, 4) is 11.4 Å². The van der Waals surface area contributed by atoms with Gasteiger partial charge in [-0.1, -0.05) is 6.07 Å². The minimum absolute atomic E-state index is 0.0232. The standard InChI is InChI=1S/C26H30N4O2S/c1-17-15-22(18(2)30(17)19-9-11-20(31-3)12-10-19)25-24(23-8-4-5-13-27-23)28-26(33)29(25)16-21-7-6-14-32-21/h4-5,8-13,15,21,24-25H,6-7,14,16H2,1-3H3,(H,28,33). The molecule has 2 aliphatic rings. The number of hydrogen-bond donors (Lipinski definition) is 1. The van der Waals surface area contributed by atoms with Crippen LogP contribution >= 0.6 is 12.2 Å². The molecule has 0 radical (unpaired) electrons. The monoisotopic (exact) mass is 462 g/mol. The molecule has 2 aliphatic heterocycles. The van der Waals surface area contributed by atoms with Crippen LogP contribution in [0.15, 0.2) is 54.7 Å². The zero-order valence-corrected chi connectivity index (χ0v) is 20.1. The quantitative estimate of drug-likeness (QED) is 0.538. The van der Waals surface area contributed by atoms with Crippen molar-refractivity contribution in [3.63, 3.8) is 0 Å². The number of pyridine rings is 1. The second-order valence-electron chi connectivity index (χ2n) is 8.77. The summed E-state index contributed by atoms with van der Waals surface area (Å²) in [6.45, 7) is 5.96. The molecule has 3 aromatic rings. The van der Waals surface area contributed by atoms with E-state index in [-0.39, 0.29) is 18.2 Å². The van der Waals surface area contributed by atoms with E-state index in [4.69, 9.17) is 21.7 Å². The summed E-state index contributed by atoms with van der Waals surface area (Å²) in [4.78, 5) is 6.98. The van der Waals surface area contributed by atoms with Gasteiger partial charge in [-0.05, 0) is 86.9 Å². The molecule has 2 aromatic heterocycles. The Morgan fingerprint density at radius 2 is 2.00 bits per heavy atom. The topological polar surface area (TPSA) is 51.5 Å². The van der Waals surface area contributed by atoms with E-state index in [9.17, 15) is 0 Å². The van der Waals surface area contributed by atoms with E-state index in [0.717, 1.165) is 48.2 Å². The minimum Gasteiger partial charge on any atom is -0.497 e. The summed E-state index contributed by atoms with van der Waals surface area (Å²) in [5, 5.41) is 4.33. The Morgan fingerprint density at radius 3 is 2.67 bits per heavy atom. The largest absolute Gasteiger partial charge is 0.497 e. The van der Waals surface area contributed by atoms with Crippen LogP contribution in [0.5, 0.6) is 5.75 Å². The highest BCUT2D eigenvalue weighted by atomic mass is 32.1. The Kier molecular flexibility index (Phi) is 6.08. The molecule has 1 N–H and O–H groups in total. The van der Waals surface area contributed by atoms with Gasteiger partial charge in [0.25, 0.3) is 0 Å². The predicted octanol–water partition coefficient (Wildman–Crippen LogP) is 4.65. The van der Waals surface area contributed by atoms with Gasteiger partial charge in [-0.3, -0.25) is 4.98 Å². The van der Waals surface area contributed by atoms with E-state index in [0.29, 0.717) is 0 Å². The minimum atomic E-state index is -0.0232. The number of aromatic nitrogens is 2. The number of ether oxygens (including phenoxy) is 2. The lowest BCUT2D eigenvalue weighted by atomic mass is 9.96. The Bertz CT molecular complexity index is 1120. The summed E-state index contributed by atoms with van der Waals surface area (Å²) in [5.41, 5.74) is 5.75. The van der Waals surface area contributed by atoms with Crippen LogP contribution in [0.4, 0.5) is 0 Å². The maximum Gasteiger partial charge on any atom is 0.170 e. The molecule has 0 saturated carbocycles. The smallest absolute Gasteiger partial charge is 0.170 e.